The Hall–Kier alpha value is -2.08. The van der Waals surface area contributed by atoms with Crippen LogP contribution in [0.4, 0.5) is 24.7 Å². The van der Waals surface area contributed by atoms with Crippen LogP contribution in [0.3, 0.4) is 0 Å². The summed E-state index contributed by atoms with van der Waals surface area (Å²) < 4.78 is 76.2. The van der Waals surface area contributed by atoms with Crippen LogP contribution in [0.2, 0.25) is 5.02 Å². The first-order valence-electron chi connectivity index (χ1n) is 10.9. The lowest BCUT2D eigenvalue weighted by molar-refractivity contribution is -0.0592. The third kappa shape index (κ3) is 4.84. The number of halogens is 4. The first kappa shape index (κ1) is 25.0. The van der Waals surface area contributed by atoms with E-state index in [9.17, 15) is 17.2 Å². The Morgan fingerprint density at radius 3 is 2.65 bits per heavy atom. The number of hydrogen-bond donors (Lipinski definition) is 1. The van der Waals surface area contributed by atoms with E-state index in [-0.39, 0.29) is 5.69 Å². The summed E-state index contributed by atoms with van der Waals surface area (Å²) in [6.07, 6.45) is 4.14. The zero-order valence-corrected chi connectivity index (χ0v) is 20.4. The van der Waals surface area contributed by atoms with Gasteiger partial charge in [-0.1, -0.05) is 24.1 Å². The van der Waals surface area contributed by atoms with Crippen molar-refractivity contribution in [1.82, 2.24) is 9.88 Å². The maximum Gasteiger partial charge on any atom is 0.268 e. The Morgan fingerprint density at radius 2 is 2.00 bits per heavy atom. The quantitative estimate of drug-likeness (QED) is 0.440. The monoisotopic (exact) mass is 518 g/mol. The molecule has 34 heavy (non-hydrogen) atoms. The Bertz CT molecular complexity index is 1180. The van der Waals surface area contributed by atoms with E-state index in [1.54, 1.807) is 12.0 Å². The molecule has 2 saturated heterocycles. The van der Waals surface area contributed by atoms with Gasteiger partial charge in [0.05, 0.1) is 5.69 Å². The summed E-state index contributed by atoms with van der Waals surface area (Å²) >= 11 is 6.16. The third-order valence-corrected chi connectivity index (χ3v) is 8.33. The first-order valence-corrected chi connectivity index (χ1v) is 12.7. The van der Waals surface area contributed by atoms with E-state index >= 15 is 4.39 Å². The molecular weight excluding hydrogens is 493 g/mol. The molecule has 1 aromatic heterocycles. The molecule has 186 valence electrons. The Balaban J connectivity index is 1.55. The van der Waals surface area contributed by atoms with E-state index in [2.05, 4.69) is 16.9 Å². The fourth-order valence-corrected chi connectivity index (χ4v) is 6.16. The number of sulfonamides is 1. The maximum atomic E-state index is 15.1. The van der Waals surface area contributed by atoms with Gasteiger partial charge in [-0.05, 0) is 45.0 Å². The molecule has 2 aromatic rings. The number of benzene rings is 1. The second-order valence-corrected chi connectivity index (χ2v) is 10.9. The SMILES string of the molecule is COC1(CC2CCCCN2C)CN(c2cc(F)c(S(=O)(=O)Nc3cccc(F)n3)c(F)c2Cl)C1. The average molecular weight is 519 g/mol. The van der Waals surface area contributed by atoms with Gasteiger partial charge in [-0.15, -0.1) is 0 Å². The largest absolute Gasteiger partial charge is 0.374 e. The Labute approximate surface area is 201 Å². The van der Waals surface area contributed by atoms with Gasteiger partial charge in [0.1, 0.15) is 22.3 Å². The molecule has 0 saturated carbocycles. The fraction of sp³-hybridized carbons (Fsp3) is 0.500. The average Bonchev–Trinajstić information content (AvgIpc) is 2.74. The fourth-order valence-electron chi connectivity index (χ4n) is 4.69. The third-order valence-electron chi connectivity index (χ3n) is 6.58. The van der Waals surface area contributed by atoms with E-state index in [0.29, 0.717) is 19.1 Å². The summed E-state index contributed by atoms with van der Waals surface area (Å²) in [7, 11) is -1.06. The summed E-state index contributed by atoms with van der Waals surface area (Å²) in [6.45, 7) is 1.75. The minimum Gasteiger partial charge on any atom is -0.374 e. The van der Waals surface area contributed by atoms with E-state index < -0.39 is 48.9 Å². The van der Waals surface area contributed by atoms with Gasteiger partial charge in [0.2, 0.25) is 5.95 Å². The van der Waals surface area contributed by atoms with Crippen molar-refractivity contribution in [2.45, 2.75) is 42.2 Å². The van der Waals surface area contributed by atoms with Gasteiger partial charge in [-0.25, -0.2) is 22.2 Å². The number of nitrogens with zero attached hydrogens (tertiary/aromatic N) is 3. The molecule has 2 fully saturated rings. The van der Waals surface area contributed by atoms with Crippen LogP contribution in [0.25, 0.3) is 0 Å². The van der Waals surface area contributed by atoms with Crippen LogP contribution in [-0.4, -0.2) is 63.7 Å². The number of rotatable bonds is 7. The summed E-state index contributed by atoms with van der Waals surface area (Å²) in [6, 6.07) is 4.62. The van der Waals surface area contributed by atoms with Crippen LogP contribution in [0, 0.1) is 17.6 Å². The van der Waals surface area contributed by atoms with E-state index in [1.165, 1.54) is 6.07 Å². The molecule has 0 bridgehead atoms. The number of methoxy groups -OCH3 is 1. The highest BCUT2D eigenvalue weighted by Crippen LogP contribution is 2.42. The van der Waals surface area contributed by atoms with E-state index in [4.69, 9.17) is 16.3 Å². The van der Waals surface area contributed by atoms with E-state index in [0.717, 1.165) is 50.4 Å². The molecule has 0 amide bonds. The van der Waals surface area contributed by atoms with Crippen LogP contribution in [0.5, 0.6) is 0 Å². The lowest BCUT2D eigenvalue weighted by Crippen LogP contribution is -2.65. The molecular formula is C22H26ClF3N4O3S. The number of nitrogens with one attached hydrogen (secondary N) is 1. The van der Waals surface area contributed by atoms with Crippen LogP contribution >= 0.6 is 11.6 Å². The van der Waals surface area contributed by atoms with Crippen molar-refractivity contribution in [2.24, 2.45) is 0 Å². The smallest absolute Gasteiger partial charge is 0.268 e. The van der Waals surface area contributed by atoms with Crippen molar-refractivity contribution in [2.75, 3.05) is 43.4 Å². The van der Waals surface area contributed by atoms with Gasteiger partial charge in [0.25, 0.3) is 10.0 Å². The molecule has 0 radical (unpaired) electrons. The van der Waals surface area contributed by atoms with Crippen molar-refractivity contribution >= 4 is 33.1 Å². The number of hydrogen-bond acceptors (Lipinski definition) is 6. The van der Waals surface area contributed by atoms with Crippen molar-refractivity contribution in [3.8, 4) is 0 Å². The lowest BCUT2D eigenvalue weighted by Gasteiger charge is -2.53. The second-order valence-electron chi connectivity index (χ2n) is 8.86. The lowest BCUT2D eigenvalue weighted by atomic mass is 9.83. The van der Waals surface area contributed by atoms with Crippen LogP contribution in [0.15, 0.2) is 29.2 Å². The van der Waals surface area contributed by atoms with Crippen LogP contribution in [-0.2, 0) is 14.8 Å². The standard InChI is InChI=1S/C22H26ClF3N4O3S/c1-29-9-4-3-6-14(29)11-22(33-2)12-30(13-22)16-10-15(24)21(20(26)19(16)23)34(31,32)28-18-8-5-7-17(25)27-18/h5,7-8,10,14H,3-4,6,9,11-13H2,1-2H3,(H,27,28). The summed E-state index contributed by atoms with van der Waals surface area (Å²) in [5.74, 6) is -4.11. The second kappa shape index (κ2) is 9.52. The maximum absolute atomic E-state index is 15.1. The van der Waals surface area contributed by atoms with Crippen molar-refractivity contribution < 1.29 is 26.3 Å². The van der Waals surface area contributed by atoms with Gasteiger partial charge in [0.15, 0.2) is 10.7 Å². The minimum absolute atomic E-state index is 0.0455. The first-order chi connectivity index (χ1) is 16.0. The summed E-state index contributed by atoms with van der Waals surface area (Å²) in [4.78, 5) is 6.07. The highest BCUT2D eigenvalue weighted by atomic mass is 35.5. The molecule has 1 N–H and O–H groups in total. The van der Waals surface area contributed by atoms with Crippen molar-refractivity contribution in [3.05, 3.63) is 46.9 Å². The number of anilines is 2. The molecule has 7 nitrogen and oxygen atoms in total. The number of likely N-dealkylation sites (tertiary alicyclic amines) is 1. The predicted molar refractivity (Wildman–Crippen MR) is 123 cm³/mol. The molecule has 1 aromatic carbocycles. The van der Waals surface area contributed by atoms with Crippen molar-refractivity contribution in [3.63, 3.8) is 0 Å². The highest BCUT2D eigenvalue weighted by molar-refractivity contribution is 7.92. The molecule has 2 aliphatic rings. The zero-order chi connectivity index (χ0) is 24.7. The molecule has 4 rings (SSSR count). The van der Waals surface area contributed by atoms with Crippen molar-refractivity contribution in [1.29, 1.82) is 0 Å². The number of piperidine rings is 1. The number of aromatic nitrogens is 1. The molecule has 1 atom stereocenters. The Morgan fingerprint density at radius 1 is 1.26 bits per heavy atom. The van der Waals surface area contributed by atoms with Crippen LogP contribution < -0.4 is 9.62 Å². The van der Waals surface area contributed by atoms with Crippen LogP contribution in [0.1, 0.15) is 25.7 Å². The highest BCUT2D eigenvalue weighted by Gasteiger charge is 2.47. The van der Waals surface area contributed by atoms with Gasteiger partial charge >= 0.3 is 0 Å². The number of ether oxygens (including phenoxy) is 1. The molecule has 0 spiro atoms. The molecule has 2 aliphatic heterocycles. The summed E-state index contributed by atoms with van der Waals surface area (Å²) in [5.41, 5.74) is -0.439. The predicted octanol–water partition coefficient (Wildman–Crippen LogP) is 4.03. The van der Waals surface area contributed by atoms with Gasteiger partial charge in [0, 0.05) is 32.3 Å². The molecule has 1 unspecified atom stereocenters. The summed E-state index contributed by atoms with van der Waals surface area (Å²) in [5, 5.41) is -0.520. The van der Waals surface area contributed by atoms with Gasteiger partial charge < -0.3 is 14.5 Å². The molecule has 12 heteroatoms. The normalized spacial score (nSPS) is 20.8. The number of pyridine rings is 1. The van der Waals surface area contributed by atoms with Gasteiger partial charge in [-0.2, -0.15) is 4.39 Å². The topological polar surface area (TPSA) is 74.8 Å². The molecule has 0 aliphatic carbocycles. The van der Waals surface area contributed by atoms with Gasteiger partial charge in [-0.3, -0.25) is 4.72 Å². The molecule has 3 heterocycles. The zero-order valence-electron chi connectivity index (χ0n) is 18.8. The van der Waals surface area contributed by atoms with E-state index in [1.807, 2.05) is 4.72 Å². The Kier molecular flexibility index (Phi) is 7.01. The minimum atomic E-state index is -4.76.